The van der Waals surface area contributed by atoms with E-state index in [4.69, 9.17) is 19.5 Å². The topological polar surface area (TPSA) is 80.6 Å². The Morgan fingerprint density at radius 2 is 1.56 bits per heavy atom. The van der Waals surface area contributed by atoms with Gasteiger partial charge in [0.2, 0.25) is 5.91 Å². The van der Waals surface area contributed by atoms with Gasteiger partial charge in [-0.05, 0) is 37.1 Å². The van der Waals surface area contributed by atoms with Gasteiger partial charge in [0.1, 0.15) is 25.4 Å². The summed E-state index contributed by atoms with van der Waals surface area (Å²) in [6.45, 7) is 3.74. The third-order valence-electron chi connectivity index (χ3n) is 3.68. The first kappa shape index (κ1) is 20.1. The van der Waals surface area contributed by atoms with Gasteiger partial charge in [-0.15, -0.1) is 0 Å². The minimum absolute atomic E-state index is 0.126. The lowest BCUT2D eigenvalue weighted by atomic mass is 10.1. The first-order chi connectivity index (χ1) is 13.2. The zero-order valence-electron chi connectivity index (χ0n) is 15.4. The second kappa shape index (κ2) is 11.4. The highest BCUT2D eigenvalue weighted by Crippen LogP contribution is 2.26. The second-order valence-electron chi connectivity index (χ2n) is 5.62. The van der Waals surface area contributed by atoms with Crippen LogP contribution in [-0.4, -0.2) is 32.3 Å². The van der Waals surface area contributed by atoms with E-state index < -0.39 is 0 Å². The molecule has 0 aliphatic rings. The van der Waals surface area contributed by atoms with Crippen molar-refractivity contribution < 1.29 is 19.0 Å². The molecule has 2 aromatic carbocycles. The van der Waals surface area contributed by atoms with E-state index in [0.29, 0.717) is 44.3 Å². The minimum atomic E-state index is -0.266. The third-order valence-corrected chi connectivity index (χ3v) is 3.68. The van der Waals surface area contributed by atoms with Crippen LogP contribution in [0.2, 0.25) is 0 Å². The van der Waals surface area contributed by atoms with Gasteiger partial charge in [-0.1, -0.05) is 30.3 Å². The van der Waals surface area contributed by atoms with Crippen LogP contribution >= 0.6 is 0 Å². The van der Waals surface area contributed by atoms with Gasteiger partial charge in [-0.2, -0.15) is 5.26 Å². The average Bonchev–Trinajstić information content (AvgIpc) is 2.68. The van der Waals surface area contributed by atoms with Crippen LogP contribution in [0.5, 0.6) is 17.2 Å². The Hall–Kier alpha value is -3.20. The molecule has 2 rings (SSSR count). The summed E-state index contributed by atoms with van der Waals surface area (Å²) in [6.07, 6.45) is 0.500. The zero-order valence-corrected chi connectivity index (χ0v) is 15.4. The number of benzene rings is 2. The highest BCUT2D eigenvalue weighted by Gasteiger charge is 2.06. The highest BCUT2D eigenvalue weighted by atomic mass is 16.5. The molecule has 0 bridgehead atoms. The number of hydrogen-bond acceptors (Lipinski definition) is 5. The molecule has 0 aliphatic heterocycles. The van der Waals surface area contributed by atoms with Gasteiger partial charge in [-0.25, -0.2) is 0 Å². The standard InChI is InChI=1S/C21H24N2O4/c1-2-25-19-9-5-6-10-20(19)27-16-15-26-18-8-4-3-7-17(18)12-14-23-21(24)11-13-22/h3-10H,2,11-12,14-16H2,1H3,(H,23,24). The van der Waals surface area contributed by atoms with E-state index in [1.807, 2.05) is 61.5 Å². The van der Waals surface area contributed by atoms with E-state index >= 15 is 0 Å². The third kappa shape index (κ3) is 6.90. The Morgan fingerprint density at radius 1 is 0.963 bits per heavy atom. The predicted octanol–water partition coefficient (Wildman–Crippen LogP) is 3.12. The fraction of sp³-hybridized carbons (Fsp3) is 0.333. The van der Waals surface area contributed by atoms with Crippen molar-refractivity contribution in [2.24, 2.45) is 0 Å². The molecule has 0 heterocycles. The van der Waals surface area contributed by atoms with Crippen molar-refractivity contribution in [2.75, 3.05) is 26.4 Å². The first-order valence-electron chi connectivity index (χ1n) is 8.93. The molecule has 0 saturated heterocycles. The molecule has 0 aliphatic carbocycles. The lowest BCUT2D eigenvalue weighted by Crippen LogP contribution is -2.25. The van der Waals surface area contributed by atoms with E-state index in [1.165, 1.54) is 0 Å². The molecule has 2 aromatic rings. The summed E-state index contributed by atoms with van der Waals surface area (Å²) in [7, 11) is 0. The monoisotopic (exact) mass is 368 g/mol. The summed E-state index contributed by atoms with van der Waals surface area (Å²) in [5, 5.41) is 11.2. The number of nitriles is 1. The molecule has 1 amide bonds. The summed E-state index contributed by atoms with van der Waals surface area (Å²) in [4.78, 5) is 11.3. The molecule has 6 nitrogen and oxygen atoms in total. The summed E-state index contributed by atoms with van der Waals surface area (Å²) in [6, 6.07) is 17.0. The van der Waals surface area contributed by atoms with Crippen molar-refractivity contribution in [1.29, 1.82) is 5.26 Å². The molecular weight excluding hydrogens is 344 g/mol. The molecule has 0 spiro atoms. The van der Waals surface area contributed by atoms with Crippen LogP contribution in [0.4, 0.5) is 0 Å². The van der Waals surface area contributed by atoms with Gasteiger partial charge in [0.15, 0.2) is 11.5 Å². The molecule has 0 atom stereocenters. The number of carbonyl (C=O) groups excluding carboxylic acids is 1. The second-order valence-corrected chi connectivity index (χ2v) is 5.62. The lowest BCUT2D eigenvalue weighted by molar-refractivity contribution is -0.120. The maximum atomic E-state index is 11.3. The Bertz CT molecular complexity index is 771. The number of carbonyl (C=O) groups is 1. The molecule has 0 unspecified atom stereocenters. The summed E-state index contributed by atoms with van der Waals surface area (Å²) >= 11 is 0. The molecule has 0 radical (unpaired) electrons. The van der Waals surface area contributed by atoms with E-state index in [1.54, 1.807) is 0 Å². The van der Waals surface area contributed by atoms with Crippen molar-refractivity contribution in [3.63, 3.8) is 0 Å². The number of para-hydroxylation sites is 3. The van der Waals surface area contributed by atoms with E-state index in [0.717, 1.165) is 11.3 Å². The van der Waals surface area contributed by atoms with Gasteiger partial charge in [-0.3, -0.25) is 4.79 Å². The minimum Gasteiger partial charge on any atom is -0.490 e. The smallest absolute Gasteiger partial charge is 0.234 e. The summed E-state index contributed by atoms with van der Waals surface area (Å²) < 4.78 is 17.1. The van der Waals surface area contributed by atoms with Gasteiger partial charge in [0.25, 0.3) is 0 Å². The average molecular weight is 368 g/mol. The van der Waals surface area contributed by atoms with Crippen molar-refractivity contribution in [3.05, 3.63) is 54.1 Å². The van der Waals surface area contributed by atoms with Crippen molar-refractivity contribution in [3.8, 4) is 23.3 Å². The van der Waals surface area contributed by atoms with Gasteiger partial charge in [0.05, 0.1) is 12.7 Å². The Balaban J connectivity index is 1.81. The molecule has 1 N–H and O–H groups in total. The van der Waals surface area contributed by atoms with Crippen molar-refractivity contribution >= 4 is 5.91 Å². The highest BCUT2D eigenvalue weighted by molar-refractivity contribution is 5.77. The maximum absolute atomic E-state index is 11.3. The number of nitrogens with zero attached hydrogens (tertiary/aromatic N) is 1. The SMILES string of the molecule is CCOc1ccccc1OCCOc1ccccc1CCNC(=O)CC#N. The molecular formula is C21H24N2O4. The van der Waals surface area contributed by atoms with Crippen LogP contribution in [0.3, 0.4) is 0 Å². The van der Waals surface area contributed by atoms with Crippen LogP contribution in [-0.2, 0) is 11.2 Å². The Kier molecular flexibility index (Phi) is 8.51. The van der Waals surface area contributed by atoms with E-state index in [9.17, 15) is 4.79 Å². The lowest BCUT2D eigenvalue weighted by Gasteiger charge is -2.14. The molecule has 0 fully saturated rings. The number of hydrogen-bond donors (Lipinski definition) is 1. The molecule has 0 aromatic heterocycles. The largest absolute Gasteiger partial charge is 0.490 e. The van der Waals surface area contributed by atoms with Gasteiger partial charge in [0, 0.05) is 6.54 Å². The number of rotatable bonds is 11. The fourth-order valence-corrected chi connectivity index (χ4v) is 2.47. The molecule has 6 heteroatoms. The van der Waals surface area contributed by atoms with E-state index in [-0.39, 0.29) is 12.3 Å². The zero-order chi connectivity index (χ0) is 19.3. The first-order valence-corrected chi connectivity index (χ1v) is 8.93. The summed E-state index contributed by atoms with van der Waals surface area (Å²) in [5.74, 6) is 1.90. The summed E-state index contributed by atoms with van der Waals surface area (Å²) in [5.41, 5.74) is 0.990. The van der Waals surface area contributed by atoms with Crippen LogP contribution in [0, 0.1) is 11.3 Å². The normalized spacial score (nSPS) is 9.93. The van der Waals surface area contributed by atoms with Crippen LogP contribution < -0.4 is 19.5 Å². The molecule has 0 saturated carbocycles. The number of nitrogens with one attached hydrogen (secondary N) is 1. The quantitative estimate of drug-likeness (QED) is 0.617. The van der Waals surface area contributed by atoms with Gasteiger partial charge < -0.3 is 19.5 Å². The molecule has 27 heavy (non-hydrogen) atoms. The molecule has 142 valence electrons. The van der Waals surface area contributed by atoms with Crippen LogP contribution in [0.15, 0.2) is 48.5 Å². The number of ether oxygens (including phenoxy) is 3. The van der Waals surface area contributed by atoms with E-state index in [2.05, 4.69) is 5.32 Å². The maximum Gasteiger partial charge on any atom is 0.234 e. The predicted molar refractivity (Wildman–Crippen MR) is 102 cm³/mol. The Labute approximate surface area is 159 Å². The van der Waals surface area contributed by atoms with Crippen molar-refractivity contribution in [2.45, 2.75) is 19.8 Å². The van der Waals surface area contributed by atoms with Crippen LogP contribution in [0.1, 0.15) is 18.9 Å². The Morgan fingerprint density at radius 3 is 2.22 bits per heavy atom. The fourth-order valence-electron chi connectivity index (χ4n) is 2.47. The van der Waals surface area contributed by atoms with Gasteiger partial charge >= 0.3 is 0 Å². The van der Waals surface area contributed by atoms with Crippen LogP contribution in [0.25, 0.3) is 0 Å². The van der Waals surface area contributed by atoms with Crippen molar-refractivity contribution in [1.82, 2.24) is 5.32 Å². The number of amides is 1.